The quantitative estimate of drug-likeness (QED) is 0.352. The highest BCUT2D eigenvalue weighted by atomic mass is 16.5. The van der Waals surface area contributed by atoms with E-state index in [1.165, 1.54) is 11.1 Å². The van der Waals surface area contributed by atoms with Crippen LogP contribution in [-0.2, 0) is 0 Å². The molecule has 0 saturated heterocycles. The third kappa shape index (κ3) is 4.45. The van der Waals surface area contributed by atoms with Gasteiger partial charge in [0.15, 0.2) is 5.76 Å². The van der Waals surface area contributed by atoms with Crippen LogP contribution >= 0.6 is 0 Å². The monoisotopic (exact) mass is 471 g/mol. The zero-order valence-electron chi connectivity index (χ0n) is 19.3. The minimum absolute atomic E-state index is 0.182. The summed E-state index contributed by atoms with van der Waals surface area (Å²) < 4.78 is 22.8. The number of ether oxygens (including phenoxy) is 1. The van der Waals surface area contributed by atoms with Gasteiger partial charge in [0.2, 0.25) is 5.89 Å². The van der Waals surface area contributed by atoms with Crippen molar-refractivity contribution in [2.45, 2.75) is 19.4 Å². The number of fused-ring (bicyclic) bond motifs is 2. The number of aliphatic hydroxyl groups is 1. The van der Waals surface area contributed by atoms with Crippen molar-refractivity contribution in [3.8, 4) is 17.4 Å². The predicted molar refractivity (Wildman–Crippen MR) is 131 cm³/mol. The second-order valence-corrected chi connectivity index (χ2v) is 8.78. The topological polar surface area (TPSA) is 97.9 Å². The van der Waals surface area contributed by atoms with Gasteiger partial charge in [-0.1, -0.05) is 24.3 Å². The molecule has 0 radical (unpaired) electrons. The van der Waals surface area contributed by atoms with Crippen LogP contribution < -0.4 is 4.74 Å². The fraction of sp³-hybridized carbons (Fsp3) is 0.259. The number of nitrogens with zero attached hydrogens (tertiary/aromatic N) is 3. The molecule has 1 atom stereocenters. The Morgan fingerprint density at radius 2 is 2.03 bits per heavy atom. The van der Waals surface area contributed by atoms with Crippen LogP contribution in [0.4, 0.5) is 0 Å². The molecule has 5 aromatic rings. The smallest absolute Gasteiger partial charge is 0.283 e. The summed E-state index contributed by atoms with van der Waals surface area (Å²) in [6.45, 7) is 4.11. The molecular weight excluding hydrogens is 446 g/mol. The number of aromatic nitrogens is 2. The average molecular weight is 472 g/mol. The molecule has 0 saturated carbocycles. The molecule has 0 fully saturated rings. The van der Waals surface area contributed by atoms with Crippen molar-refractivity contribution in [2.24, 2.45) is 0 Å². The highest BCUT2D eigenvalue weighted by Crippen LogP contribution is 2.33. The first kappa shape index (κ1) is 21.6. The average Bonchev–Trinajstić information content (AvgIpc) is 3.62. The first-order chi connectivity index (χ1) is 17.1. The van der Waals surface area contributed by atoms with Crippen LogP contribution in [0.25, 0.3) is 39.2 Å². The number of benzene rings is 2. The van der Waals surface area contributed by atoms with Crippen molar-refractivity contribution in [2.75, 3.05) is 26.2 Å². The Morgan fingerprint density at radius 3 is 2.86 bits per heavy atom. The van der Waals surface area contributed by atoms with Gasteiger partial charge < -0.3 is 23.1 Å². The van der Waals surface area contributed by atoms with E-state index in [0.717, 1.165) is 35.9 Å². The van der Waals surface area contributed by atoms with Gasteiger partial charge in [-0.15, -0.1) is 10.2 Å². The summed E-state index contributed by atoms with van der Waals surface area (Å²) in [6, 6.07) is 15.7. The van der Waals surface area contributed by atoms with Crippen molar-refractivity contribution < 1.29 is 23.1 Å². The maximum atomic E-state index is 10.6. The van der Waals surface area contributed by atoms with E-state index in [1.54, 1.807) is 13.2 Å². The number of β-amino-alcohol motifs (C(OH)–C–C–N with tert-alkyl or cyclic N) is 1. The van der Waals surface area contributed by atoms with E-state index < -0.39 is 6.10 Å². The van der Waals surface area contributed by atoms with Gasteiger partial charge >= 0.3 is 0 Å². The van der Waals surface area contributed by atoms with Gasteiger partial charge in [0.25, 0.3) is 5.89 Å². The normalized spacial score (nSPS) is 15.5. The van der Waals surface area contributed by atoms with Crippen LogP contribution in [0.1, 0.15) is 17.9 Å². The summed E-state index contributed by atoms with van der Waals surface area (Å²) in [6.07, 6.45) is 4.25. The minimum Gasteiger partial charge on any atom is -0.490 e. The number of furan rings is 2. The Balaban J connectivity index is 1.07. The van der Waals surface area contributed by atoms with Crippen LogP contribution in [0.3, 0.4) is 0 Å². The molecule has 1 unspecified atom stereocenters. The largest absolute Gasteiger partial charge is 0.490 e. The fourth-order valence-corrected chi connectivity index (χ4v) is 4.49. The van der Waals surface area contributed by atoms with E-state index in [1.807, 2.05) is 30.3 Å². The number of aryl methyl sites for hydroxylation is 1. The third-order valence-corrected chi connectivity index (χ3v) is 6.28. The molecule has 0 spiro atoms. The summed E-state index contributed by atoms with van der Waals surface area (Å²) in [5, 5.41) is 20.4. The SMILES string of the molecule is Cc1nnc(-c2cc3c(OCC(O)CN4CC=C(c5ccc6ccoc6c5)CC4)cccc3o2)o1. The fourth-order valence-electron chi connectivity index (χ4n) is 4.49. The van der Waals surface area contributed by atoms with Crippen molar-refractivity contribution >= 4 is 27.5 Å². The van der Waals surface area contributed by atoms with E-state index in [9.17, 15) is 5.11 Å². The Morgan fingerprint density at radius 1 is 1.09 bits per heavy atom. The first-order valence-corrected chi connectivity index (χ1v) is 11.7. The molecule has 2 aromatic carbocycles. The lowest BCUT2D eigenvalue weighted by Crippen LogP contribution is -2.38. The molecule has 1 aliphatic rings. The Bertz CT molecular complexity index is 1510. The van der Waals surface area contributed by atoms with E-state index in [0.29, 0.717) is 35.4 Å². The number of hydrogen-bond acceptors (Lipinski definition) is 8. The summed E-state index contributed by atoms with van der Waals surface area (Å²) in [5.74, 6) is 1.92. The molecule has 1 aliphatic heterocycles. The van der Waals surface area contributed by atoms with Gasteiger partial charge in [0, 0.05) is 38.0 Å². The summed E-state index contributed by atoms with van der Waals surface area (Å²) in [7, 11) is 0. The molecule has 6 rings (SSSR count). The molecule has 8 heteroatoms. The summed E-state index contributed by atoms with van der Waals surface area (Å²) in [5.41, 5.74) is 4.07. The lowest BCUT2D eigenvalue weighted by molar-refractivity contribution is 0.0722. The number of hydrogen-bond donors (Lipinski definition) is 1. The lowest BCUT2D eigenvalue weighted by atomic mass is 9.98. The van der Waals surface area contributed by atoms with Gasteiger partial charge in [-0.2, -0.15) is 0 Å². The first-order valence-electron chi connectivity index (χ1n) is 11.7. The standard InChI is InChI=1S/C27H25N3O5/c1-17-28-29-27(34-17)26-14-22-23(3-2-4-24(22)35-26)33-16-21(31)15-30-10-7-18(8-11-30)20-6-5-19-9-12-32-25(19)13-20/h2-7,9,12-14,21,31H,8,10-11,15-16H2,1H3. The highest BCUT2D eigenvalue weighted by molar-refractivity contribution is 5.87. The molecule has 1 N–H and O–H groups in total. The molecule has 178 valence electrons. The molecule has 3 aromatic heterocycles. The maximum absolute atomic E-state index is 10.6. The van der Waals surface area contributed by atoms with E-state index in [2.05, 4.69) is 39.4 Å². The lowest BCUT2D eigenvalue weighted by Gasteiger charge is -2.28. The van der Waals surface area contributed by atoms with Crippen LogP contribution in [-0.4, -0.2) is 52.5 Å². The Labute approximate surface area is 201 Å². The maximum Gasteiger partial charge on any atom is 0.283 e. The van der Waals surface area contributed by atoms with Crippen molar-refractivity contribution in [1.29, 1.82) is 0 Å². The highest BCUT2D eigenvalue weighted by Gasteiger charge is 2.19. The second-order valence-electron chi connectivity index (χ2n) is 8.78. The molecule has 35 heavy (non-hydrogen) atoms. The van der Waals surface area contributed by atoms with E-state index in [4.69, 9.17) is 18.0 Å². The van der Waals surface area contributed by atoms with Gasteiger partial charge in [0.05, 0.1) is 11.6 Å². The Hall–Kier alpha value is -3.88. The second kappa shape index (κ2) is 9.05. The van der Waals surface area contributed by atoms with E-state index >= 15 is 0 Å². The summed E-state index contributed by atoms with van der Waals surface area (Å²) >= 11 is 0. The summed E-state index contributed by atoms with van der Waals surface area (Å²) in [4.78, 5) is 2.23. The molecule has 8 nitrogen and oxygen atoms in total. The van der Waals surface area contributed by atoms with Crippen molar-refractivity contribution in [1.82, 2.24) is 15.1 Å². The van der Waals surface area contributed by atoms with Crippen molar-refractivity contribution in [3.05, 3.63) is 72.3 Å². The molecule has 0 aliphatic carbocycles. The van der Waals surface area contributed by atoms with E-state index in [-0.39, 0.29) is 6.61 Å². The van der Waals surface area contributed by atoms with Gasteiger partial charge in [-0.25, -0.2) is 0 Å². The van der Waals surface area contributed by atoms with Crippen LogP contribution in [0, 0.1) is 6.92 Å². The predicted octanol–water partition coefficient (Wildman–Crippen LogP) is 5.07. The van der Waals surface area contributed by atoms with Crippen molar-refractivity contribution in [3.63, 3.8) is 0 Å². The molecule has 4 heterocycles. The van der Waals surface area contributed by atoms with Gasteiger partial charge in [-0.05, 0) is 41.8 Å². The van der Waals surface area contributed by atoms with Crippen LogP contribution in [0.5, 0.6) is 5.75 Å². The van der Waals surface area contributed by atoms with Crippen LogP contribution in [0.15, 0.2) is 74.1 Å². The zero-order valence-corrected chi connectivity index (χ0v) is 19.3. The molecule has 0 bridgehead atoms. The van der Waals surface area contributed by atoms with Crippen LogP contribution in [0.2, 0.25) is 0 Å². The zero-order chi connectivity index (χ0) is 23.8. The molecule has 0 amide bonds. The number of rotatable bonds is 7. The van der Waals surface area contributed by atoms with Gasteiger partial charge in [-0.3, -0.25) is 4.90 Å². The third-order valence-electron chi connectivity index (χ3n) is 6.28. The Kier molecular flexibility index (Phi) is 5.60. The number of aliphatic hydroxyl groups excluding tert-OH is 1. The minimum atomic E-state index is -0.621. The van der Waals surface area contributed by atoms with Gasteiger partial charge in [0.1, 0.15) is 29.6 Å². The molecular formula is C27H25N3O5.